The molecular formula is C20H47NO. The van der Waals surface area contributed by atoms with Crippen molar-refractivity contribution >= 4 is 0 Å². The molecule has 2 aliphatic rings. The molecule has 1 saturated heterocycles. The Bertz CT molecular complexity index is 169. The molecule has 0 aromatic carbocycles. The predicted molar refractivity (Wildman–Crippen MR) is 104 cm³/mol. The quantitative estimate of drug-likeness (QED) is 0.642. The number of hydrogen-bond acceptors (Lipinski definition) is 2. The summed E-state index contributed by atoms with van der Waals surface area (Å²) in [6.45, 7) is 11.3. The van der Waals surface area contributed by atoms with Crippen LogP contribution in [0.4, 0.5) is 0 Å². The Kier molecular flexibility index (Phi) is 25.5. The Hall–Kier alpha value is -0.0800. The molecular weight excluding hydrogens is 270 g/mol. The normalized spacial score (nSPS) is 22.2. The zero-order valence-corrected chi connectivity index (χ0v) is 15.8. The summed E-state index contributed by atoms with van der Waals surface area (Å²) in [5.41, 5.74) is 0. The number of aliphatic hydroxyl groups excluding tert-OH is 1. The van der Waals surface area contributed by atoms with Gasteiger partial charge >= 0.3 is 0 Å². The molecule has 22 heavy (non-hydrogen) atoms. The van der Waals surface area contributed by atoms with Gasteiger partial charge in [0.15, 0.2) is 0 Å². The van der Waals surface area contributed by atoms with Crippen LogP contribution in [0.25, 0.3) is 0 Å². The summed E-state index contributed by atoms with van der Waals surface area (Å²) in [6, 6.07) is 0. The molecule has 1 atom stereocenters. The van der Waals surface area contributed by atoms with Gasteiger partial charge in [0.2, 0.25) is 0 Å². The summed E-state index contributed by atoms with van der Waals surface area (Å²) >= 11 is 0. The third-order valence-corrected chi connectivity index (χ3v) is 4.54. The van der Waals surface area contributed by atoms with Crippen LogP contribution in [0.15, 0.2) is 0 Å². The van der Waals surface area contributed by atoms with Gasteiger partial charge < -0.3 is 10.0 Å². The van der Waals surface area contributed by atoms with Crippen LogP contribution < -0.4 is 0 Å². The van der Waals surface area contributed by atoms with Crippen molar-refractivity contribution in [2.45, 2.75) is 92.9 Å². The number of rotatable bonds is 1. The maximum atomic E-state index is 7.00. The minimum absolute atomic E-state index is 0. The molecule has 1 aliphatic carbocycles. The van der Waals surface area contributed by atoms with Crippen molar-refractivity contribution in [3.8, 4) is 0 Å². The number of likely N-dealkylation sites (tertiary alicyclic amines) is 1. The van der Waals surface area contributed by atoms with Crippen molar-refractivity contribution in [1.29, 1.82) is 0 Å². The van der Waals surface area contributed by atoms with Gasteiger partial charge in [-0.25, -0.2) is 0 Å². The summed E-state index contributed by atoms with van der Waals surface area (Å²) in [5.74, 6) is 2.05. The van der Waals surface area contributed by atoms with Crippen molar-refractivity contribution in [1.82, 2.24) is 4.90 Å². The van der Waals surface area contributed by atoms with Crippen molar-refractivity contribution in [2.24, 2.45) is 11.8 Å². The fourth-order valence-electron chi connectivity index (χ4n) is 3.00. The predicted octanol–water partition coefficient (Wildman–Crippen LogP) is 5.99. The number of hydrogen-bond donors (Lipinski definition) is 1. The van der Waals surface area contributed by atoms with E-state index in [4.69, 9.17) is 5.11 Å². The van der Waals surface area contributed by atoms with Crippen LogP contribution in [0.3, 0.4) is 0 Å². The third kappa shape index (κ3) is 16.3. The lowest BCUT2D eigenvalue weighted by Gasteiger charge is -2.18. The van der Waals surface area contributed by atoms with E-state index in [1.807, 2.05) is 13.8 Å². The van der Waals surface area contributed by atoms with Gasteiger partial charge in [0.25, 0.3) is 0 Å². The average molecular weight is 318 g/mol. The van der Waals surface area contributed by atoms with Gasteiger partial charge in [-0.3, -0.25) is 0 Å². The standard InChI is InChI=1S/C8H17N.C8H16.C2H6.CH4O.CH4/c1-8-4-3-6-9(2)7-5-8;1-2-8-6-4-3-5-7-8;2*1-2;/h8H,3-7H2,1-2H3;8H,2-7H2,1H3;1-2H3;2H,1H3;1H4. The molecule has 1 heterocycles. The Morgan fingerprint density at radius 1 is 0.864 bits per heavy atom. The molecule has 2 rings (SSSR count). The first-order valence-corrected chi connectivity index (χ1v) is 9.35. The van der Waals surface area contributed by atoms with E-state index in [-0.39, 0.29) is 7.43 Å². The first-order chi connectivity index (χ1) is 10.2. The van der Waals surface area contributed by atoms with Crippen LogP contribution in [0.1, 0.15) is 92.9 Å². The monoisotopic (exact) mass is 317 g/mol. The second-order valence-electron chi connectivity index (χ2n) is 6.25. The molecule has 0 aromatic heterocycles. The average Bonchev–Trinajstić information content (AvgIpc) is 2.76. The number of aliphatic hydroxyl groups is 1. The van der Waals surface area contributed by atoms with Gasteiger partial charge in [0.05, 0.1) is 0 Å². The molecule has 0 aromatic rings. The summed E-state index contributed by atoms with van der Waals surface area (Å²) in [7, 11) is 3.22. The fourth-order valence-corrected chi connectivity index (χ4v) is 3.00. The number of nitrogens with zero attached hydrogens (tertiary/aromatic N) is 1. The molecule has 1 aliphatic heterocycles. The fraction of sp³-hybridized carbons (Fsp3) is 1.00. The van der Waals surface area contributed by atoms with Crippen LogP contribution in [-0.2, 0) is 0 Å². The lowest BCUT2D eigenvalue weighted by molar-refractivity contribution is 0.344. The molecule has 2 fully saturated rings. The van der Waals surface area contributed by atoms with Crippen LogP contribution in [0, 0.1) is 11.8 Å². The van der Waals surface area contributed by atoms with E-state index in [1.54, 1.807) is 0 Å². The molecule has 0 amide bonds. The minimum Gasteiger partial charge on any atom is -0.400 e. The van der Waals surface area contributed by atoms with E-state index in [0.29, 0.717) is 0 Å². The van der Waals surface area contributed by atoms with E-state index < -0.39 is 0 Å². The molecule has 1 unspecified atom stereocenters. The highest BCUT2D eigenvalue weighted by Crippen LogP contribution is 2.25. The topological polar surface area (TPSA) is 23.5 Å². The first-order valence-electron chi connectivity index (χ1n) is 9.35. The maximum absolute atomic E-state index is 7.00. The van der Waals surface area contributed by atoms with E-state index in [1.165, 1.54) is 70.9 Å². The van der Waals surface area contributed by atoms with Crippen molar-refractivity contribution in [2.75, 3.05) is 27.2 Å². The Labute approximate surface area is 142 Å². The largest absolute Gasteiger partial charge is 0.400 e. The highest BCUT2D eigenvalue weighted by Gasteiger charge is 2.10. The second-order valence-corrected chi connectivity index (χ2v) is 6.25. The lowest BCUT2D eigenvalue weighted by atomic mass is 9.88. The Balaban J connectivity index is -0.000000259. The smallest absolute Gasteiger partial charge is 0.0319 e. The molecule has 138 valence electrons. The highest BCUT2D eigenvalue weighted by molar-refractivity contribution is 4.64. The maximum Gasteiger partial charge on any atom is 0.0319 e. The van der Waals surface area contributed by atoms with E-state index in [2.05, 4.69) is 25.8 Å². The molecule has 2 nitrogen and oxygen atoms in total. The summed E-state index contributed by atoms with van der Waals surface area (Å²) in [5, 5.41) is 7.00. The second kappa shape index (κ2) is 20.9. The molecule has 1 N–H and O–H groups in total. The summed E-state index contributed by atoms with van der Waals surface area (Å²) < 4.78 is 0. The lowest BCUT2D eigenvalue weighted by Crippen LogP contribution is -2.18. The van der Waals surface area contributed by atoms with Crippen LogP contribution in [0.5, 0.6) is 0 Å². The van der Waals surface area contributed by atoms with Gasteiger partial charge in [-0.15, -0.1) is 0 Å². The summed E-state index contributed by atoms with van der Waals surface area (Å²) in [4.78, 5) is 2.43. The van der Waals surface area contributed by atoms with Crippen molar-refractivity contribution in [3.05, 3.63) is 0 Å². The molecule has 0 radical (unpaired) electrons. The van der Waals surface area contributed by atoms with Crippen molar-refractivity contribution in [3.63, 3.8) is 0 Å². The molecule has 0 spiro atoms. The van der Waals surface area contributed by atoms with Gasteiger partial charge in [0, 0.05) is 7.11 Å². The SMILES string of the molecule is C.CC.CC1CCCN(C)CC1.CCC1CCCCC1.CO. The Morgan fingerprint density at radius 3 is 1.86 bits per heavy atom. The molecule has 2 heteroatoms. The van der Waals surface area contributed by atoms with Crippen LogP contribution >= 0.6 is 0 Å². The summed E-state index contributed by atoms with van der Waals surface area (Å²) in [6.07, 6.45) is 13.2. The first kappa shape index (κ1) is 26.8. The Morgan fingerprint density at radius 2 is 1.41 bits per heavy atom. The zero-order chi connectivity index (χ0) is 16.5. The third-order valence-electron chi connectivity index (χ3n) is 4.54. The van der Waals surface area contributed by atoms with Crippen LogP contribution in [0.2, 0.25) is 0 Å². The molecule has 0 bridgehead atoms. The van der Waals surface area contributed by atoms with E-state index in [9.17, 15) is 0 Å². The van der Waals surface area contributed by atoms with Gasteiger partial charge in [-0.1, -0.05) is 73.6 Å². The minimum atomic E-state index is 0. The van der Waals surface area contributed by atoms with Gasteiger partial charge in [0.1, 0.15) is 0 Å². The van der Waals surface area contributed by atoms with E-state index >= 15 is 0 Å². The molecule has 1 saturated carbocycles. The van der Waals surface area contributed by atoms with Crippen LogP contribution in [-0.4, -0.2) is 37.3 Å². The van der Waals surface area contributed by atoms with Crippen molar-refractivity contribution < 1.29 is 5.11 Å². The zero-order valence-electron chi connectivity index (χ0n) is 15.8. The highest BCUT2D eigenvalue weighted by atomic mass is 16.2. The van der Waals surface area contributed by atoms with Gasteiger partial charge in [-0.05, 0) is 51.2 Å². The van der Waals surface area contributed by atoms with E-state index in [0.717, 1.165) is 18.9 Å². The van der Waals surface area contributed by atoms with Gasteiger partial charge in [-0.2, -0.15) is 0 Å².